The Bertz CT molecular complexity index is 928. The third kappa shape index (κ3) is 3.44. The fourth-order valence-electron chi connectivity index (χ4n) is 3.13. The smallest absolute Gasteiger partial charge is 0.253 e. The molecule has 2 aromatic carbocycles. The minimum atomic E-state index is 0.124. The number of carbonyl (C=O) groups is 1. The summed E-state index contributed by atoms with van der Waals surface area (Å²) in [5.74, 6) is 0.124. The van der Waals surface area contributed by atoms with Gasteiger partial charge in [-0.1, -0.05) is 29.0 Å². The number of aryl methyl sites for hydroxylation is 1. The second-order valence-corrected chi connectivity index (χ2v) is 8.36. The summed E-state index contributed by atoms with van der Waals surface area (Å²) in [4.78, 5) is 22.9. The molecule has 0 saturated carbocycles. The van der Waals surface area contributed by atoms with Crippen molar-refractivity contribution in [1.82, 2.24) is 9.88 Å². The number of aromatic nitrogens is 1. The maximum absolute atomic E-state index is 12.7. The van der Waals surface area contributed by atoms with Crippen LogP contribution in [-0.4, -0.2) is 48.2 Å². The van der Waals surface area contributed by atoms with Gasteiger partial charge in [-0.25, -0.2) is 4.98 Å². The number of anilines is 1. The highest BCUT2D eigenvalue weighted by molar-refractivity contribution is 7.98. The molecule has 0 aliphatic carbocycles. The van der Waals surface area contributed by atoms with Gasteiger partial charge < -0.3 is 9.80 Å². The third-order valence-corrected chi connectivity index (χ3v) is 6.52. The second kappa shape index (κ2) is 7.29. The molecular weight excluding hydrogens is 362 g/mol. The van der Waals surface area contributed by atoms with Crippen LogP contribution in [0, 0.1) is 6.92 Å². The van der Waals surface area contributed by atoms with E-state index in [1.165, 1.54) is 15.2 Å². The second-order valence-electron chi connectivity index (χ2n) is 6.48. The Morgan fingerprint density at radius 3 is 2.50 bits per heavy atom. The van der Waals surface area contributed by atoms with Crippen LogP contribution in [0.2, 0.25) is 0 Å². The average Bonchev–Trinajstić information content (AvgIpc) is 3.11. The Labute approximate surface area is 161 Å². The standard InChI is InChI=1S/C20H21N3OS2/c1-14-3-5-15(6-4-14)19(24)22-9-11-23(12-10-22)20-21-17-8-7-16(25-2)13-18(17)26-20/h3-8,13H,9-12H2,1-2H3. The van der Waals surface area contributed by atoms with E-state index in [9.17, 15) is 4.79 Å². The van der Waals surface area contributed by atoms with Gasteiger partial charge in [-0.3, -0.25) is 4.79 Å². The SMILES string of the molecule is CSc1ccc2nc(N3CCN(C(=O)c4ccc(C)cc4)CC3)sc2c1. The fraction of sp³-hybridized carbons (Fsp3) is 0.300. The fourth-order valence-corrected chi connectivity index (χ4v) is 4.71. The van der Waals surface area contributed by atoms with Crippen LogP contribution in [0.3, 0.4) is 0 Å². The van der Waals surface area contributed by atoms with Crippen molar-refractivity contribution in [3.8, 4) is 0 Å². The van der Waals surface area contributed by atoms with Crippen LogP contribution in [-0.2, 0) is 0 Å². The van der Waals surface area contributed by atoms with E-state index in [2.05, 4.69) is 29.4 Å². The number of benzene rings is 2. The van der Waals surface area contributed by atoms with E-state index in [1.807, 2.05) is 36.1 Å². The molecule has 1 aliphatic rings. The van der Waals surface area contributed by atoms with Gasteiger partial charge in [0.25, 0.3) is 5.91 Å². The summed E-state index contributed by atoms with van der Waals surface area (Å²) < 4.78 is 1.23. The lowest BCUT2D eigenvalue weighted by atomic mass is 10.1. The molecule has 0 N–H and O–H groups in total. The first-order valence-electron chi connectivity index (χ1n) is 8.69. The zero-order valence-corrected chi connectivity index (χ0v) is 16.6. The minimum absolute atomic E-state index is 0.124. The highest BCUT2D eigenvalue weighted by Gasteiger charge is 2.23. The van der Waals surface area contributed by atoms with Gasteiger partial charge >= 0.3 is 0 Å². The van der Waals surface area contributed by atoms with Gasteiger partial charge in [0.15, 0.2) is 5.13 Å². The molecular formula is C20H21N3OS2. The van der Waals surface area contributed by atoms with E-state index >= 15 is 0 Å². The van der Waals surface area contributed by atoms with Gasteiger partial charge in [0.05, 0.1) is 10.2 Å². The number of thiazole rings is 1. The highest BCUT2D eigenvalue weighted by atomic mass is 32.2. The van der Waals surface area contributed by atoms with Crippen molar-refractivity contribution < 1.29 is 4.79 Å². The number of thioether (sulfide) groups is 1. The Morgan fingerprint density at radius 2 is 1.81 bits per heavy atom. The van der Waals surface area contributed by atoms with Crippen molar-refractivity contribution in [2.24, 2.45) is 0 Å². The molecule has 0 atom stereocenters. The quantitative estimate of drug-likeness (QED) is 0.632. The van der Waals surface area contributed by atoms with Crippen molar-refractivity contribution in [1.29, 1.82) is 0 Å². The lowest BCUT2D eigenvalue weighted by molar-refractivity contribution is 0.0747. The van der Waals surface area contributed by atoms with Gasteiger partial charge in [0.2, 0.25) is 0 Å². The van der Waals surface area contributed by atoms with Crippen LogP contribution in [0.5, 0.6) is 0 Å². The van der Waals surface area contributed by atoms with Gasteiger partial charge in [-0.2, -0.15) is 0 Å². The summed E-state index contributed by atoms with van der Waals surface area (Å²) >= 11 is 3.49. The molecule has 0 radical (unpaired) electrons. The predicted molar refractivity (Wildman–Crippen MR) is 111 cm³/mol. The van der Waals surface area contributed by atoms with Crippen molar-refractivity contribution >= 4 is 44.4 Å². The van der Waals surface area contributed by atoms with Gasteiger partial charge in [-0.15, -0.1) is 11.8 Å². The van der Waals surface area contributed by atoms with Crippen molar-refractivity contribution in [3.63, 3.8) is 0 Å². The molecule has 2 heterocycles. The van der Waals surface area contributed by atoms with Crippen LogP contribution in [0.1, 0.15) is 15.9 Å². The molecule has 4 nitrogen and oxygen atoms in total. The number of amides is 1. The number of hydrogen-bond acceptors (Lipinski definition) is 5. The molecule has 134 valence electrons. The summed E-state index contributed by atoms with van der Waals surface area (Å²) in [6, 6.07) is 14.2. The summed E-state index contributed by atoms with van der Waals surface area (Å²) in [5, 5.41) is 1.06. The highest BCUT2D eigenvalue weighted by Crippen LogP contribution is 2.32. The zero-order valence-electron chi connectivity index (χ0n) is 14.9. The van der Waals surface area contributed by atoms with Crippen molar-refractivity contribution in [2.45, 2.75) is 11.8 Å². The first-order valence-corrected chi connectivity index (χ1v) is 10.7. The Morgan fingerprint density at radius 1 is 1.08 bits per heavy atom. The summed E-state index contributed by atoms with van der Waals surface area (Å²) in [7, 11) is 0. The van der Waals surface area contributed by atoms with E-state index in [1.54, 1.807) is 23.1 Å². The topological polar surface area (TPSA) is 36.4 Å². The summed E-state index contributed by atoms with van der Waals surface area (Å²) in [5.41, 5.74) is 3.00. The van der Waals surface area contributed by atoms with Crippen LogP contribution >= 0.6 is 23.1 Å². The van der Waals surface area contributed by atoms with E-state index in [0.717, 1.165) is 42.4 Å². The summed E-state index contributed by atoms with van der Waals surface area (Å²) in [6.45, 7) is 5.16. The van der Waals surface area contributed by atoms with Crippen LogP contribution < -0.4 is 4.90 Å². The number of carbonyl (C=O) groups excluding carboxylic acids is 1. The molecule has 4 rings (SSSR count). The molecule has 1 fully saturated rings. The first kappa shape index (κ1) is 17.4. The predicted octanol–water partition coefficient (Wildman–Crippen LogP) is 4.29. The monoisotopic (exact) mass is 383 g/mol. The first-order chi connectivity index (χ1) is 12.6. The van der Waals surface area contributed by atoms with Crippen LogP contribution in [0.15, 0.2) is 47.4 Å². The number of hydrogen-bond donors (Lipinski definition) is 0. The number of piperazine rings is 1. The van der Waals surface area contributed by atoms with Crippen LogP contribution in [0.4, 0.5) is 5.13 Å². The molecule has 0 bridgehead atoms. The van der Waals surface area contributed by atoms with Gasteiger partial charge in [0.1, 0.15) is 0 Å². The van der Waals surface area contributed by atoms with E-state index in [4.69, 9.17) is 4.98 Å². The van der Waals surface area contributed by atoms with E-state index < -0.39 is 0 Å². The number of nitrogens with zero attached hydrogens (tertiary/aromatic N) is 3. The maximum Gasteiger partial charge on any atom is 0.253 e. The van der Waals surface area contributed by atoms with E-state index in [-0.39, 0.29) is 5.91 Å². The molecule has 1 amide bonds. The lowest BCUT2D eigenvalue weighted by Gasteiger charge is -2.34. The molecule has 1 aliphatic heterocycles. The zero-order chi connectivity index (χ0) is 18.1. The third-order valence-electron chi connectivity index (χ3n) is 4.72. The van der Waals surface area contributed by atoms with Crippen molar-refractivity contribution in [2.75, 3.05) is 37.3 Å². The van der Waals surface area contributed by atoms with Crippen molar-refractivity contribution in [3.05, 3.63) is 53.6 Å². The molecule has 26 heavy (non-hydrogen) atoms. The molecule has 3 aromatic rings. The minimum Gasteiger partial charge on any atom is -0.345 e. The Kier molecular flexibility index (Phi) is 4.87. The molecule has 0 unspecified atom stereocenters. The largest absolute Gasteiger partial charge is 0.345 e. The normalized spacial score (nSPS) is 14.8. The number of fused-ring (bicyclic) bond motifs is 1. The Balaban J connectivity index is 1.44. The molecule has 0 spiro atoms. The molecule has 6 heteroatoms. The van der Waals surface area contributed by atoms with Gasteiger partial charge in [-0.05, 0) is 43.5 Å². The van der Waals surface area contributed by atoms with E-state index in [0.29, 0.717) is 0 Å². The number of rotatable bonds is 3. The molecule has 1 aromatic heterocycles. The van der Waals surface area contributed by atoms with Crippen LogP contribution in [0.25, 0.3) is 10.2 Å². The average molecular weight is 384 g/mol. The molecule has 1 saturated heterocycles. The Hall–Kier alpha value is -2.05. The summed E-state index contributed by atoms with van der Waals surface area (Å²) in [6.07, 6.45) is 2.09. The maximum atomic E-state index is 12.7. The lowest BCUT2D eigenvalue weighted by Crippen LogP contribution is -2.48. The van der Waals surface area contributed by atoms with Gasteiger partial charge in [0, 0.05) is 36.6 Å².